The number of anilines is 2. The smallest absolute Gasteiger partial charge is 0.337 e. The van der Waals surface area contributed by atoms with Crippen molar-refractivity contribution in [2.45, 2.75) is 6.92 Å². The highest BCUT2D eigenvalue weighted by molar-refractivity contribution is 6.03. The minimum atomic E-state index is -0.255. The van der Waals surface area contributed by atoms with Crippen LogP contribution in [-0.4, -0.2) is 41.8 Å². The standard InChI is InChI=1S/C13H17N5O2/c1-4-20-13-15-12(16-17-13)14-11(19)9-5-7-10(8-6-9)18(2)3/h5-8H,4H2,1-3H3,(H2,14,15,16,17,19). The summed E-state index contributed by atoms with van der Waals surface area (Å²) in [7, 11) is 3.89. The Morgan fingerprint density at radius 3 is 2.65 bits per heavy atom. The number of ether oxygens (including phenoxy) is 1. The predicted molar refractivity (Wildman–Crippen MR) is 76.3 cm³/mol. The maximum Gasteiger partial charge on any atom is 0.337 e. The molecular formula is C13H17N5O2. The molecule has 1 aromatic heterocycles. The van der Waals surface area contributed by atoms with Crippen molar-refractivity contribution < 1.29 is 9.53 Å². The molecule has 20 heavy (non-hydrogen) atoms. The van der Waals surface area contributed by atoms with Gasteiger partial charge in [0.1, 0.15) is 0 Å². The van der Waals surface area contributed by atoms with E-state index < -0.39 is 0 Å². The Morgan fingerprint density at radius 2 is 2.05 bits per heavy atom. The highest BCUT2D eigenvalue weighted by Gasteiger charge is 2.10. The van der Waals surface area contributed by atoms with Crippen LogP contribution in [0.4, 0.5) is 11.6 Å². The van der Waals surface area contributed by atoms with Gasteiger partial charge in [0.25, 0.3) is 5.91 Å². The largest absolute Gasteiger partial charge is 0.463 e. The van der Waals surface area contributed by atoms with Crippen LogP contribution in [0.15, 0.2) is 24.3 Å². The van der Waals surface area contributed by atoms with Crippen molar-refractivity contribution in [2.24, 2.45) is 0 Å². The molecule has 0 fully saturated rings. The second-order valence-electron chi connectivity index (χ2n) is 4.30. The van der Waals surface area contributed by atoms with E-state index in [9.17, 15) is 4.79 Å². The molecule has 7 heteroatoms. The van der Waals surface area contributed by atoms with E-state index in [-0.39, 0.29) is 17.9 Å². The van der Waals surface area contributed by atoms with Crippen LogP contribution in [0.3, 0.4) is 0 Å². The maximum absolute atomic E-state index is 12.0. The number of benzene rings is 1. The van der Waals surface area contributed by atoms with Gasteiger partial charge in [0.05, 0.1) is 6.61 Å². The van der Waals surface area contributed by atoms with Gasteiger partial charge in [-0.15, -0.1) is 5.10 Å². The lowest BCUT2D eigenvalue weighted by molar-refractivity contribution is 0.102. The molecule has 0 spiro atoms. The fourth-order valence-electron chi connectivity index (χ4n) is 1.59. The molecule has 7 nitrogen and oxygen atoms in total. The second kappa shape index (κ2) is 6.05. The van der Waals surface area contributed by atoms with Crippen LogP contribution in [0, 0.1) is 0 Å². The van der Waals surface area contributed by atoms with Gasteiger partial charge in [-0.3, -0.25) is 10.1 Å². The Bertz CT molecular complexity index is 577. The van der Waals surface area contributed by atoms with Gasteiger partial charge >= 0.3 is 6.01 Å². The number of hydrogen-bond acceptors (Lipinski definition) is 5. The third-order valence-electron chi connectivity index (χ3n) is 2.62. The number of aromatic nitrogens is 3. The first kappa shape index (κ1) is 13.9. The molecule has 0 atom stereocenters. The SMILES string of the molecule is CCOc1n[nH]c(NC(=O)c2ccc(N(C)C)cc2)n1. The zero-order valence-electron chi connectivity index (χ0n) is 11.7. The predicted octanol–water partition coefficient (Wildman–Crippen LogP) is 1.52. The van der Waals surface area contributed by atoms with Crippen LogP contribution in [0.5, 0.6) is 6.01 Å². The second-order valence-corrected chi connectivity index (χ2v) is 4.30. The Hall–Kier alpha value is -2.57. The average molecular weight is 275 g/mol. The lowest BCUT2D eigenvalue weighted by Crippen LogP contribution is -2.14. The topological polar surface area (TPSA) is 83.1 Å². The summed E-state index contributed by atoms with van der Waals surface area (Å²) < 4.78 is 5.11. The molecule has 0 aliphatic heterocycles. The molecule has 2 aromatic rings. The lowest BCUT2D eigenvalue weighted by Gasteiger charge is -2.12. The zero-order chi connectivity index (χ0) is 14.5. The normalized spacial score (nSPS) is 10.2. The number of aromatic amines is 1. The molecule has 0 aliphatic rings. The fraction of sp³-hybridized carbons (Fsp3) is 0.308. The first-order valence-electron chi connectivity index (χ1n) is 6.24. The number of nitrogens with zero attached hydrogens (tertiary/aromatic N) is 3. The summed E-state index contributed by atoms with van der Waals surface area (Å²) in [5, 5.41) is 9.03. The van der Waals surface area contributed by atoms with Crippen molar-refractivity contribution in [3.63, 3.8) is 0 Å². The van der Waals surface area contributed by atoms with Gasteiger partial charge in [-0.2, -0.15) is 4.98 Å². The number of hydrogen-bond donors (Lipinski definition) is 2. The quantitative estimate of drug-likeness (QED) is 0.864. The Kier molecular flexibility index (Phi) is 4.19. The van der Waals surface area contributed by atoms with E-state index in [1.54, 1.807) is 12.1 Å². The highest BCUT2D eigenvalue weighted by atomic mass is 16.5. The van der Waals surface area contributed by atoms with Crippen LogP contribution < -0.4 is 15.0 Å². The van der Waals surface area contributed by atoms with E-state index in [4.69, 9.17) is 4.74 Å². The summed E-state index contributed by atoms with van der Waals surface area (Å²) >= 11 is 0. The summed E-state index contributed by atoms with van der Waals surface area (Å²) in [4.78, 5) is 18.0. The van der Waals surface area contributed by atoms with Gasteiger partial charge in [-0.05, 0) is 31.2 Å². The van der Waals surface area contributed by atoms with Crippen LogP contribution in [0.25, 0.3) is 0 Å². The van der Waals surface area contributed by atoms with Crippen LogP contribution in [-0.2, 0) is 0 Å². The first-order chi connectivity index (χ1) is 9.60. The Morgan fingerprint density at radius 1 is 1.35 bits per heavy atom. The Balaban J connectivity index is 2.03. The summed E-state index contributed by atoms with van der Waals surface area (Å²) in [5.74, 6) is 0.00430. The minimum Gasteiger partial charge on any atom is -0.463 e. The van der Waals surface area contributed by atoms with Gasteiger partial charge in [0.15, 0.2) is 0 Å². The van der Waals surface area contributed by atoms with Crippen LogP contribution in [0.2, 0.25) is 0 Å². The molecule has 106 valence electrons. The Labute approximate surface area is 117 Å². The fourth-order valence-corrected chi connectivity index (χ4v) is 1.59. The van der Waals surface area contributed by atoms with Gasteiger partial charge < -0.3 is 9.64 Å². The third kappa shape index (κ3) is 3.25. The number of nitrogens with one attached hydrogen (secondary N) is 2. The molecule has 0 saturated heterocycles. The molecule has 0 aliphatic carbocycles. The van der Waals surface area contributed by atoms with Crippen molar-refractivity contribution in [3.8, 4) is 6.01 Å². The molecule has 1 amide bonds. The van der Waals surface area contributed by atoms with Gasteiger partial charge in [-0.1, -0.05) is 0 Å². The van der Waals surface area contributed by atoms with Gasteiger partial charge in [-0.25, -0.2) is 5.10 Å². The molecule has 0 radical (unpaired) electrons. The van der Waals surface area contributed by atoms with E-state index in [0.717, 1.165) is 5.69 Å². The molecule has 2 N–H and O–H groups in total. The number of H-pyrrole nitrogens is 1. The summed E-state index contributed by atoms with van der Waals surface area (Å²) in [6, 6.07) is 7.47. The molecule has 0 unspecified atom stereocenters. The molecular weight excluding hydrogens is 258 g/mol. The van der Waals surface area contributed by atoms with E-state index in [2.05, 4.69) is 20.5 Å². The van der Waals surface area contributed by atoms with E-state index in [0.29, 0.717) is 12.2 Å². The molecule has 2 rings (SSSR count). The van der Waals surface area contributed by atoms with Crippen LogP contribution >= 0.6 is 0 Å². The minimum absolute atomic E-state index is 0.214. The van der Waals surface area contributed by atoms with Crippen molar-refractivity contribution in [1.29, 1.82) is 0 Å². The zero-order valence-corrected chi connectivity index (χ0v) is 11.7. The van der Waals surface area contributed by atoms with Crippen molar-refractivity contribution in [2.75, 3.05) is 30.9 Å². The van der Waals surface area contributed by atoms with E-state index >= 15 is 0 Å². The maximum atomic E-state index is 12.0. The van der Waals surface area contributed by atoms with Gasteiger partial charge in [0, 0.05) is 25.3 Å². The van der Waals surface area contributed by atoms with Gasteiger partial charge in [0.2, 0.25) is 5.95 Å². The van der Waals surface area contributed by atoms with E-state index in [1.165, 1.54) is 0 Å². The van der Waals surface area contributed by atoms with Crippen molar-refractivity contribution >= 4 is 17.5 Å². The van der Waals surface area contributed by atoms with Crippen molar-refractivity contribution in [1.82, 2.24) is 15.2 Å². The van der Waals surface area contributed by atoms with Crippen molar-refractivity contribution in [3.05, 3.63) is 29.8 Å². The highest BCUT2D eigenvalue weighted by Crippen LogP contribution is 2.13. The third-order valence-corrected chi connectivity index (χ3v) is 2.62. The average Bonchev–Trinajstić information content (AvgIpc) is 2.86. The summed E-state index contributed by atoms with van der Waals surface area (Å²) in [6.45, 7) is 2.30. The molecule has 0 saturated carbocycles. The number of amides is 1. The monoisotopic (exact) mass is 275 g/mol. The van der Waals surface area contributed by atoms with Crippen LogP contribution in [0.1, 0.15) is 17.3 Å². The number of carbonyl (C=O) groups is 1. The summed E-state index contributed by atoms with van der Waals surface area (Å²) in [5.41, 5.74) is 1.57. The molecule has 1 heterocycles. The van der Waals surface area contributed by atoms with E-state index in [1.807, 2.05) is 38.1 Å². The summed E-state index contributed by atoms with van der Waals surface area (Å²) in [6.07, 6.45) is 0. The first-order valence-corrected chi connectivity index (χ1v) is 6.24. The number of rotatable bonds is 5. The molecule has 0 bridgehead atoms. The molecule has 1 aromatic carbocycles. The lowest BCUT2D eigenvalue weighted by atomic mass is 10.2. The number of carbonyl (C=O) groups excluding carboxylic acids is 1.